The molecule has 0 fully saturated rings. The van der Waals surface area contributed by atoms with Crippen LogP contribution in [0.4, 0.5) is 0 Å². The van der Waals surface area contributed by atoms with Crippen LogP contribution in [0, 0.1) is 0 Å². The van der Waals surface area contributed by atoms with E-state index >= 15 is 0 Å². The molecule has 0 spiro atoms. The summed E-state index contributed by atoms with van der Waals surface area (Å²) < 4.78 is 4.69. The van der Waals surface area contributed by atoms with Crippen LogP contribution < -0.4 is 0 Å². The Morgan fingerprint density at radius 2 is 0.974 bits per heavy atom. The van der Waals surface area contributed by atoms with Crippen molar-refractivity contribution in [2.45, 2.75) is 0 Å². The molecule has 0 aliphatic heterocycles. The summed E-state index contributed by atoms with van der Waals surface area (Å²) in [6.45, 7) is 0. The molecule has 0 aliphatic rings. The van der Waals surface area contributed by atoms with Crippen LogP contribution in [0.3, 0.4) is 0 Å². The normalized spacial score (nSPS) is 11.7. The summed E-state index contributed by atoms with van der Waals surface area (Å²) in [7, 11) is 0. The molecule has 8 aromatic rings. The summed E-state index contributed by atoms with van der Waals surface area (Å²) in [6, 6.07) is 39.0. The van der Waals surface area contributed by atoms with E-state index in [0.717, 1.165) is 11.4 Å². The van der Waals surface area contributed by atoms with Crippen LogP contribution in [0.2, 0.25) is 0 Å². The minimum atomic E-state index is 1.11. The second-order valence-electron chi connectivity index (χ2n) is 9.55. The minimum Gasteiger partial charge on any atom is -0.309 e. The Morgan fingerprint density at radius 3 is 1.68 bits per heavy atom. The third-order valence-corrected chi connectivity index (χ3v) is 7.52. The van der Waals surface area contributed by atoms with Gasteiger partial charge in [-0.2, -0.15) is 0 Å². The van der Waals surface area contributed by atoms with Gasteiger partial charge < -0.3 is 9.13 Å². The summed E-state index contributed by atoms with van der Waals surface area (Å²) in [5.74, 6) is 0. The minimum absolute atomic E-state index is 1.11. The molecule has 0 atom stereocenters. The molecule has 4 aromatic heterocycles. The third kappa shape index (κ3) is 2.98. The summed E-state index contributed by atoms with van der Waals surface area (Å²) in [6.07, 6.45) is 7.42. The molecule has 4 heterocycles. The number of para-hydroxylation sites is 3. The monoisotopic (exact) mass is 486 g/mol. The van der Waals surface area contributed by atoms with Crippen LogP contribution in [0.1, 0.15) is 0 Å². The SMILES string of the molecule is c1ccc2c(c1)c1cc(-c3cccc4c5ccccc5n(-c5ccncc5)c34)ccc1n2-c1ccncc1. The van der Waals surface area contributed by atoms with E-state index in [2.05, 4.69) is 128 Å². The Labute approximate surface area is 219 Å². The third-order valence-electron chi connectivity index (χ3n) is 7.52. The second kappa shape index (κ2) is 8.15. The zero-order valence-corrected chi connectivity index (χ0v) is 20.5. The van der Waals surface area contributed by atoms with Crippen LogP contribution in [0.25, 0.3) is 66.1 Å². The van der Waals surface area contributed by atoms with Crippen molar-refractivity contribution in [2.75, 3.05) is 0 Å². The fourth-order valence-electron chi connectivity index (χ4n) is 5.92. The van der Waals surface area contributed by atoms with Gasteiger partial charge in [-0.15, -0.1) is 0 Å². The number of fused-ring (bicyclic) bond motifs is 6. The van der Waals surface area contributed by atoms with Crippen molar-refractivity contribution in [3.05, 3.63) is 134 Å². The maximum absolute atomic E-state index is 4.27. The van der Waals surface area contributed by atoms with Crippen LogP contribution in [-0.4, -0.2) is 19.1 Å². The molecule has 0 amide bonds. The average molecular weight is 487 g/mol. The zero-order valence-electron chi connectivity index (χ0n) is 20.5. The lowest BCUT2D eigenvalue weighted by molar-refractivity contribution is 1.15. The van der Waals surface area contributed by atoms with E-state index in [1.54, 1.807) is 0 Å². The highest BCUT2D eigenvalue weighted by Crippen LogP contribution is 2.40. The van der Waals surface area contributed by atoms with Crippen molar-refractivity contribution in [1.29, 1.82) is 0 Å². The van der Waals surface area contributed by atoms with Crippen LogP contribution in [-0.2, 0) is 0 Å². The molecule has 0 aliphatic carbocycles. The molecular formula is C34H22N4. The number of hydrogen-bond acceptors (Lipinski definition) is 2. The molecule has 0 N–H and O–H groups in total. The van der Waals surface area contributed by atoms with Crippen molar-refractivity contribution >= 4 is 43.6 Å². The molecular weight excluding hydrogens is 464 g/mol. The molecule has 38 heavy (non-hydrogen) atoms. The van der Waals surface area contributed by atoms with E-state index in [0.29, 0.717) is 0 Å². The number of aromatic nitrogens is 4. The van der Waals surface area contributed by atoms with Crippen molar-refractivity contribution in [1.82, 2.24) is 19.1 Å². The highest BCUT2D eigenvalue weighted by molar-refractivity contribution is 6.15. The van der Waals surface area contributed by atoms with Crippen molar-refractivity contribution in [3.8, 4) is 22.5 Å². The van der Waals surface area contributed by atoms with Gasteiger partial charge in [0, 0.05) is 63.3 Å². The van der Waals surface area contributed by atoms with Crippen molar-refractivity contribution in [2.24, 2.45) is 0 Å². The maximum atomic E-state index is 4.27. The standard InChI is InChI=1S/C34H22N4/c1-4-11-32-27(6-1)29-9-5-8-26(34(29)38(32)25-16-20-36-21-17-25)23-12-13-33-30(22-23)28-7-2-3-10-31(28)37(33)24-14-18-35-19-15-24/h1-22H. The molecule has 0 bridgehead atoms. The van der Waals surface area contributed by atoms with Gasteiger partial charge in [-0.3, -0.25) is 9.97 Å². The van der Waals surface area contributed by atoms with Crippen molar-refractivity contribution in [3.63, 3.8) is 0 Å². The molecule has 0 unspecified atom stereocenters. The fraction of sp³-hybridized carbons (Fsp3) is 0. The highest BCUT2D eigenvalue weighted by Gasteiger charge is 2.18. The van der Waals surface area contributed by atoms with Crippen LogP contribution in [0.5, 0.6) is 0 Å². The Balaban J connectivity index is 1.46. The predicted molar refractivity (Wildman–Crippen MR) is 156 cm³/mol. The summed E-state index contributed by atoms with van der Waals surface area (Å²) in [5.41, 5.74) is 9.39. The zero-order chi connectivity index (χ0) is 25.1. The smallest absolute Gasteiger partial charge is 0.0619 e. The molecule has 0 radical (unpaired) electrons. The first-order valence-corrected chi connectivity index (χ1v) is 12.7. The Hall–Kier alpha value is -5.22. The molecule has 178 valence electrons. The Morgan fingerprint density at radius 1 is 0.421 bits per heavy atom. The van der Waals surface area contributed by atoms with Gasteiger partial charge in [-0.05, 0) is 54.1 Å². The van der Waals surface area contributed by atoms with E-state index in [1.807, 2.05) is 24.8 Å². The summed E-state index contributed by atoms with van der Waals surface area (Å²) >= 11 is 0. The first kappa shape index (κ1) is 20.9. The van der Waals surface area contributed by atoms with Gasteiger partial charge in [-0.1, -0.05) is 60.7 Å². The van der Waals surface area contributed by atoms with Gasteiger partial charge in [0.15, 0.2) is 0 Å². The first-order valence-electron chi connectivity index (χ1n) is 12.7. The second-order valence-corrected chi connectivity index (χ2v) is 9.55. The average Bonchev–Trinajstić information content (AvgIpc) is 3.51. The lowest BCUT2D eigenvalue weighted by Gasteiger charge is -2.12. The largest absolute Gasteiger partial charge is 0.309 e. The predicted octanol–water partition coefficient (Wildman–Crippen LogP) is 8.34. The number of rotatable bonds is 3. The molecule has 8 rings (SSSR count). The van der Waals surface area contributed by atoms with Gasteiger partial charge in [0.05, 0.1) is 22.1 Å². The van der Waals surface area contributed by atoms with Crippen LogP contribution >= 0.6 is 0 Å². The van der Waals surface area contributed by atoms with E-state index in [-0.39, 0.29) is 0 Å². The van der Waals surface area contributed by atoms with E-state index in [4.69, 9.17) is 0 Å². The van der Waals surface area contributed by atoms with Crippen molar-refractivity contribution < 1.29 is 0 Å². The van der Waals surface area contributed by atoms with Gasteiger partial charge >= 0.3 is 0 Å². The quantitative estimate of drug-likeness (QED) is 0.252. The lowest BCUT2D eigenvalue weighted by atomic mass is 10.00. The highest BCUT2D eigenvalue weighted by atomic mass is 15.0. The lowest BCUT2D eigenvalue weighted by Crippen LogP contribution is -1.96. The van der Waals surface area contributed by atoms with E-state index in [1.165, 1.54) is 54.7 Å². The number of nitrogens with zero attached hydrogens (tertiary/aromatic N) is 4. The maximum Gasteiger partial charge on any atom is 0.0619 e. The first-order chi connectivity index (χ1) is 18.9. The molecule has 0 saturated carbocycles. The van der Waals surface area contributed by atoms with Gasteiger partial charge in [0.1, 0.15) is 0 Å². The number of hydrogen-bond donors (Lipinski definition) is 0. The van der Waals surface area contributed by atoms with E-state index < -0.39 is 0 Å². The van der Waals surface area contributed by atoms with Crippen LogP contribution in [0.15, 0.2) is 134 Å². The summed E-state index contributed by atoms with van der Waals surface area (Å²) in [4.78, 5) is 8.50. The number of benzene rings is 4. The summed E-state index contributed by atoms with van der Waals surface area (Å²) in [5, 5.41) is 4.97. The Kier molecular flexibility index (Phi) is 4.49. The molecule has 4 heteroatoms. The fourth-order valence-corrected chi connectivity index (χ4v) is 5.92. The van der Waals surface area contributed by atoms with Gasteiger partial charge in [0.2, 0.25) is 0 Å². The molecule has 0 saturated heterocycles. The molecule has 4 nitrogen and oxygen atoms in total. The van der Waals surface area contributed by atoms with E-state index in [9.17, 15) is 0 Å². The molecule has 4 aromatic carbocycles. The van der Waals surface area contributed by atoms with Gasteiger partial charge in [0.25, 0.3) is 0 Å². The Bertz CT molecular complexity index is 2120. The number of pyridine rings is 2. The van der Waals surface area contributed by atoms with Gasteiger partial charge in [-0.25, -0.2) is 0 Å². The topological polar surface area (TPSA) is 35.6 Å².